The standard InChI is InChI=1S/C23H33N5O5/c1-23(15-33-22(32)25-9-10-27(4)12-11-26(2)3)14-18-17(13-16-7-5-6-8-24-16)20(29)28(18)19(23)21(30)31/h5-8,13,18-19H,9-12,14-15H2,1-4H3,(H,25,32)(H,30,31)/b17-13+/t18?,19-,23-/m0/s1. The van der Waals surface area contributed by atoms with Gasteiger partial charge in [0.15, 0.2) is 0 Å². The van der Waals surface area contributed by atoms with Gasteiger partial charge in [-0.15, -0.1) is 0 Å². The highest BCUT2D eigenvalue weighted by molar-refractivity contribution is 6.08. The Kier molecular flexibility index (Phi) is 7.70. The Balaban J connectivity index is 1.56. The van der Waals surface area contributed by atoms with Crippen LogP contribution >= 0.6 is 0 Å². The maximum atomic E-state index is 12.7. The van der Waals surface area contributed by atoms with Crippen molar-refractivity contribution in [1.29, 1.82) is 0 Å². The van der Waals surface area contributed by atoms with Crippen molar-refractivity contribution < 1.29 is 24.2 Å². The first kappa shape index (κ1) is 24.7. The zero-order chi connectivity index (χ0) is 24.2. The number of aliphatic carboxylic acids is 1. The van der Waals surface area contributed by atoms with E-state index in [1.54, 1.807) is 31.3 Å². The number of pyridine rings is 1. The number of carboxylic acid groups (broad SMARTS) is 1. The highest BCUT2D eigenvalue weighted by atomic mass is 16.5. The van der Waals surface area contributed by atoms with Gasteiger partial charge in [0, 0.05) is 43.4 Å². The minimum Gasteiger partial charge on any atom is -0.480 e. The number of hydrogen-bond donors (Lipinski definition) is 2. The van der Waals surface area contributed by atoms with Gasteiger partial charge in [0.1, 0.15) is 12.6 Å². The van der Waals surface area contributed by atoms with Crippen molar-refractivity contribution in [2.45, 2.75) is 25.4 Å². The van der Waals surface area contributed by atoms with Gasteiger partial charge in [-0.25, -0.2) is 9.59 Å². The lowest BCUT2D eigenvalue weighted by Crippen LogP contribution is -2.58. The number of nitrogens with one attached hydrogen (secondary N) is 1. The summed E-state index contributed by atoms with van der Waals surface area (Å²) in [6, 6.07) is 4.01. The summed E-state index contributed by atoms with van der Waals surface area (Å²) in [4.78, 5) is 46.8. The Morgan fingerprint density at radius 1 is 1.30 bits per heavy atom. The number of carboxylic acids is 1. The number of rotatable bonds is 10. The van der Waals surface area contributed by atoms with Gasteiger partial charge in [-0.3, -0.25) is 9.78 Å². The molecule has 2 aliphatic rings. The number of nitrogens with zero attached hydrogens (tertiary/aromatic N) is 4. The van der Waals surface area contributed by atoms with Crippen LogP contribution in [0, 0.1) is 5.41 Å². The molecule has 33 heavy (non-hydrogen) atoms. The molecule has 1 unspecified atom stereocenters. The van der Waals surface area contributed by atoms with Gasteiger partial charge in [-0.2, -0.15) is 0 Å². The first-order valence-corrected chi connectivity index (χ1v) is 11.0. The molecule has 0 aromatic carbocycles. The SMILES string of the molecule is CN(C)CCN(C)CCNC(=O)OC[C@]1(C)CC2/C(=C\c3ccccn3)C(=O)N2[C@H]1C(=O)O. The van der Waals surface area contributed by atoms with E-state index in [9.17, 15) is 19.5 Å². The van der Waals surface area contributed by atoms with Crippen molar-refractivity contribution in [3.05, 3.63) is 35.7 Å². The Morgan fingerprint density at radius 2 is 2.06 bits per heavy atom. The lowest BCUT2D eigenvalue weighted by molar-refractivity contribution is -0.155. The van der Waals surface area contributed by atoms with Gasteiger partial charge >= 0.3 is 12.1 Å². The van der Waals surface area contributed by atoms with E-state index in [4.69, 9.17) is 4.74 Å². The molecule has 0 radical (unpaired) electrons. The summed E-state index contributed by atoms with van der Waals surface area (Å²) in [5, 5.41) is 12.5. The lowest BCUT2D eigenvalue weighted by atomic mass is 9.81. The molecular formula is C23H33N5O5. The number of amides is 2. The summed E-state index contributed by atoms with van der Waals surface area (Å²) in [7, 11) is 5.99. The summed E-state index contributed by atoms with van der Waals surface area (Å²) in [6.45, 7) is 4.54. The molecule has 2 aliphatic heterocycles. The summed E-state index contributed by atoms with van der Waals surface area (Å²) in [5.74, 6) is -1.41. The van der Waals surface area contributed by atoms with Gasteiger partial charge in [-0.1, -0.05) is 13.0 Å². The predicted octanol–water partition coefficient (Wildman–Crippen LogP) is 0.759. The van der Waals surface area contributed by atoms with Crippen LogP contribution in [0.25, 0.3) is 6.08 Å². The molecule has 3 atom stereocenters. The monoisotopic (exact) mass is 459 g/mol. The van der Waals surface area contributed by atoms with Crippen LogP contribution in [0.4, 0.5) is 4.79 Å². The highest BCUT2D eigenvalue weighted by Crippen LogP contribution is 2.49. The Bertz CT molecular complexity index is 906. The van der Waals surface area contributed by atoms with E-state index in [-0.39, 0.29) is 18.6 Å². The van der Waals surface area contributed by atoms with Crippen molar-refractivity contribution in [2.24, 2.45) is 5.41 Å². The van der Waals surface area contributed by atoms with Gasteiger partial charge in [0.25, 0.3) is 5.91 Å². The number of alkyl carbamates (subject to hydrolysis) is 1. The summed E-state index contributed by atoms with van der Waals surface area (Å²) in [5.41, 5.74) is 0.284. The second kappa shape index (κ2) is 10.3. The summed E-state index contributed by atoms with van der Waals surface area (Å²) in [6.07, 6.45) is 3.15. The lowest BCUT2D eigenvalue weighted by Gasteiger charge is -2.40. The number of β-lactam (4-membered cyclic amide) rings is 1. The molecule has 2 N–H and O–H groups in total. The van der Waals surface area contributed by atoms with Crippen LogP contribution in [-0.4, -0.2) is 109 Å². The van der Waals surface area contributed by atoms with E-state index >= 15 is 0 Å². The molecule has 0 spiro atoms. The fraction of sp³-hybridized carbons (Fsp3) is 0.565. The second-order valence-corrected chi connectivity index (χ2v) is 9.29. The number of carbonyl (C=O) groups excluding carboxylic acids is 2. The molecule has 10 nitrogen and oxygen atoms in total. The van der Waals surface area contributed by atoms with E-state index in [0.29, 0.717) is 30.8 Å². The van der Waals surface area contributed by atoms with Crippen LogP contribution in [0.3, 0.4) is 0 Å². The third kappa shape index (κ3) is 5.69. The molecule has 3 heterocycles. The number of hydrogen-bond acceptors (Lipinski definition) is 7. The molecular weight excluding hydrogens is 426 g/mol. The maximum absolute atomic E-state index is 12.7. The summed E-state index contributed by atoms with van der Waals surface area (Å²) >= 11 is 0. The van der Waals surface area contributed by atoms with E-state index in [1.807, 2.05) is 27.2 Å². The number of likely N-dealkylation sites (N-methyl/N-ethyl adjacent to an activating group) is 2. The topological polar surface area (TPSA) is 115 Å². The first-order valence-electron chi connectivity index (χ1n) is 11.0. The number of fused-ring (bicyclic) bond motifs is 1. The average Bonchev–Trinajstić information content (AvgIpc) is 3.05. The zero-order valence-corrected chi connectivity index (χ0v) is 19.7. The quantitative estimate of drug-likeness (QED) is 0.389. The molecule has 3 rings (SSSR count). The smallest absolute Gasteiger partial charge is 0.407 e. The van der Waals surface area contributed by atoms with Gasteiger partial charge in [0.05, 0.1) is 11.7 Å². The van der Waals surface area contributed by atoms with Crippen LogP contribution in [-0.2, 0) is 14.3 Å². The predicted molar refractivity (Wildman–Crippen MR) is 122 cm³/mol. The first-order chi connectivity index (χ1) is 15.6. The molecule has 2 amide bonds. The van der Waals surface area contributed by atoms with Gasteiger partial charge < -0.3 is 29.9 Å². The molecule has 10 heteroatoms. The molecule has 0 aliphatic carbocycles. The normalized spacial score (nSPS) is 25.3. The Labute approximate surface area is 194 Å². The van der Waals surface area contributed by atoms with Crippen LogP contribution in [0.1, 0.15) is 19.0 Å². The molecule has 2 saturated heterocycles. The molecule has 0 saturated carbocycles. The van der Waals surface area contributed by atoms with E-state index in [2.05, 4.69) is 20.1 Å². The van der Waals surface area contributed by atoms with Crippen molar-refractivity contribution in [1.82, 2.24) is 25.0 Å². The van der Waals surface area contributed by atoms with Crippen LogP contribution in [0.5, 0.6) is 0 Å². The van der Waals surface area contributed by atoms with Gasteiger partial charge in [0.2, 0.25) is 0 Å². The zero-order valence-electron chi connectivity index (χ0n) is 19.7. The van der Waals surface area contributed by atoms with Crippen LogP contribution < -0.4 is 5.32 Å². The maximum Gasteiger partial charge on any atom is 0.407 e. The van der Waals surface area contributed by atoms with Crippen LogP contribution in [0.15, 0.2) is 30.0 Å². The molecule has 1 aromatic heterocycles. The fourth-order valence-electron chi connectivity index (χ4n) is 4.36. The second-order valence-electron chi connectivity index (χ2n) is 9.29. The molecule has 0 bridgehead atoms. The number of carbonyl (C=O) groups is 3. The van der Waals surface area contributed by atoms with Crippen molar-refractivity contribution in [2.75, 3.05) is 53.9 Å². The third-order valence-corrected chi connectivity index (χ3v) is 6.22. The van der Waals surface area contributed by atoms with E-state index in [0.717, 1.165) is 13.1 Å². The van der Waals surface area contributed by atoms with E-state index in [1.165, 1.54) is 4.90 Å². The van der Waals surface area contributed by atoms with Crippen molar-refractivity contribution in [3.8, 4) is 0 Å². The Hall–Kier alpha value is -2.98. The average molecular weight is 460 g/mol. The van der Waals surface area contributed by atoms with Gasteiger partial charge in [-0.05, 0) is 45.8 Å². The minimum absolute atomic E-state index is 0.0938. The molecule has 2 fully saturated rings. The molecule has 180 valence electrons. The summed E-state index contributed by atoms with van der Waals surface area (Å²) < 4.78 is 5.39. The Morgan fingerprint density at radius 3 is 2.70 bits per heavy atom. The fourth-order valence-corrected chi connectivity index (χ4v) is 4.36. The number of ether oxygens (including phenoxy) is 1. The van der Waals surface area contributed by atoms with E-state index < -0.39 is 23.5 Å². The highest BCUT2D eigenvalue weighted by Gasteiger charge is 2.62. The minimum atomic E-state index is -1.10. The largest absolute Gasteiger partial charge is 0.480 e. The third-order valence-electron chi connectivity index (χ3n) is 6.22. The van der Waals surface area contributed by atoms with Crippen molar-refractivity contribution in [3.63, 3.8) is 0 Å². The molecule has 1 aromatic rings. The van der Waals surface area contributed by atoms with Crippen LogP contribution in [0.2, 0.25) is 0 Å². The number of aromatic nitrogens is 1. The van der Waals surface area contributed by atoms with Crippen molar-refractivity contribution >= 4 is 24.0 Å².